The molecule has 0 aromatic heterocycles. The number of ether oxygens (including phenoxy) is 1. The van der Waals surface area contributed by atoms with E-state index < -0.39 is 5.97 Å². The Balaban J connectivity index is 1.60. The fourth-order valence-electron chi connectivity index (χ4n) is 3.58. The summed E-state index contributed by atoms with van der Waals surface area (Å²) >= 11 is 0. The maximum atomic E-state index is 11.8. The monoisotopic (exact) mass is 435 g/mol. The highest BCUT2D eigenvalue weighted by molar-refractivity contribution is 5.95. The van der Waals surface area contributed by atoms with E-state index in [0.29, 0.717) is 29.4 Å². The third kappa shape index (κ3) is 6.10. The van der Waals surface area contributed by atoms with E-state index in [4.69, 9.17) is 21.3 Å². The number of carboxylic acids is 1. The standard InChI is InChI=1S/C24H29N5O3/c1-16(25)29-12-9-20(10-13-29)32-22-8-7-19(15-21(22)24(30)31)28-11-3-5-17-4-2-6-18(14-17)23(26)27/h2-8,14-15,20,25,28H,9-13H2,1H3,(H3,26,27)(H,30,31). The number of benzene rings is 2. The van der Waals surface area contributed by atoms with Crippen molar-refractivity contribution >= 4 is 29.4 Å². The summed E-state index contributed by atoms with van der Waals surface area (Å²) in [6.45, 7) is 3.76. The predicted octanol–water partition coefficient (Wildman–Crippen LogP) is 3.63. The van der Waals surface area contributed by atoms with Gasteiger partial charge >= 0.3 is 5.97 Å². The number of aromatic carboxylic acids is 1. The van der Waals surface area contributed by atoms with Crippen molar-refractivity contribution in [3.63, 3.8) is 0 Å². The van der Waals surface area contributed by atoms with Gasteiger partial charge in [-0.15, -0.1) is 0 Å². The zero-order valence-electron chi connectivity index (χ0n) is 18.1. The Morgan fingerprint density at radius 2 is 2.00 bits per heavy atom. The molecule has 0 radical (unpaired) electrons. The van der Waals surface area contributed by atoms with Crippen LogP contribution < -0.4 is 15.8 Å². The van der Waals surface area contributed by atoms with Crippen LogP contribution in [0.2, 0.25) is 0 Å². The van der Waals surface area contributed by atoms with Crippen LogP contribution in [0.4, 0.5) is 5.69 Å². The highest BCUT2D eigenvalue weighted by Gasteiger charge is 2.23. The van der Waals surface area contributed by atoms with Crippen molar-refractivity contribution in [2.24, 2.45) is 5.73 Å². The molecule has 0 spiro atoms. The number of hydrogen-bond acceptors (Lipinski definition) is 5. The van der Waals surface area contributed by atoms with E-state index in [2.05, 4.69) is 5.32 Å². The Morgan fingerprint density at radius 3 is 2.66 bits per heavy atom. The molecule has 2 aromatic rings. The minimum atomic E-state index is -1.03. The first-order valence-corrected chi connectivity index (χ1v) is 10.5. The van der Waals surface area contributed by atoms with E-state index in [1.54, 1.807) is 25.1 Å². The molecule has 8 nitrogen and oxygen atoms in total. The Bertz CT molecular complexity index is 1030. The normalized spacial score (nSPS) is 14.3. The molecular formula is C24H29N5O3. The number of piperidine rings is 1. The molecule has 1 aliphatic heterocycles. The average molecular weight is 436 g/mol. The van der Waals surface area contributed by atoms with Gasteiger partial charge in [0.1, 0.15) is 23.3 Å². The van der Waals surface area contributed by atoms with Crippen LogP contribution in [-0.2, 0) is 0 Å². The Labute approximate surface area is 187 Å². The van der Waals surface area contributed by atoms with Gasteiger partial charge in [-0.3, -0.25) is 10.8 Å². The van der Waals surface area contributed by atoms with Crippen molar-refractivity contribution in [2.75, 3.05) is 25.0 Å². The topological polar surface area (TPSA) is 136 Å². The molecule has 0 aliphatic carbocycles. The van der Waals surface area contributed by atoms with E-state index in [9.17, 15) is 9.90 Å². The molecular weight excluding hydrogens is 406 g/mol. The Morgan fingerprint density at radius 1 is 1.25 bits per heavy atom. The first-order chi connectivity index (χ1) is 15.3. The highest BCUT2D eigenvalue weighted by atomic mass is 16.5. The van der Waals surface area contributed by atoms with Gasteiger partial charge in [0.2, 0.25) is 0 Å². The van der Waals surface area contributed by atoms with Gasteiger partial charge in [0.05, 0.1) is 5.84 Å². The van der Waals surface area contributed by atoms with Crippen molar-refractivity contribution in [1.82, 2.24) is 4.90 Å². The highest BCUT2D eigenvalue weighted by Crippen LogP contribution is 2.26. The average Bonchev–Trinajstić information content (AvgIpc) is 2.78. The van der Waals surface area contributed by atoms with Crippen LogP contribution in [0.5, 0.6) is 5.75 Å². The number of nitrogen functional groups attached to an aromatic ring is 1. The number of nitrogens with one attached hydrogen (secondary N) is 3. The summed E-state index contributed by atoms with van der Waals surface area (Å²) in [5.74, 6) is -0.0966. The maximum absolute atomic E-state index is 11.8. The second-order valence-corrected chi connectivity index (χ2v) is 7.73. The quantitative estimate of drug-likeness (QED) is 0.317. The number of anilines is 1. The molecule has 1 heterocycles. The molecule has 32 heavy (non-hydrogen) atoms. The summed E-state index contributed by atoms with van der Waals surface area (Å²) in [6, 6.07) is 12.5. The fourth-order valence-corrected chi connectivity index (χ4v) is 3.58. The number of hydrogen-bond donors (Lipinski definition) is 5. The van der Waals surface area contributed by atoms with Gasteiger partial charge in [0.15, 0.2) is 0 Å². The number of carbonyl (C=O) groups is 1. The van der Waals surface area contributed by atoms with Gasteiger partial charge in [-0.05, 0) is 36.8 Å². The van der Waals surface area contributed by atoms with E-state index >= 15 is 0 Å². The van der Waals surface area contributed by atoms with Gasteiger partial charge in [-0.25, -0.2) is 4.79 Å². The summed E-state index contributed by atoms with van der Waals surface area (Å²) in [5.41, 5.74) is 7.93. The molecule has 0 bridgehead atoms. The summed E-state index contributed by atoms with van der Waals surface area (Å²) in [4.78, 5) is 13.8. The predicted molar refractivity (Wildman–Crippen MR) is 127 cm³/mol. The lowest BCUT2D eigenvalue weighted by molar-refractivity contribution is 0.0684. The third-order valence-electron chi connectivity index (χ3n) is 5.35. The van der Waals surface area contributed by atoms with Crippen LogP contribution in [0.15, 0.2) is 48.5 Å². The van der Waals surface area contributed by atoms with Crippen molar-refractivity contribution in [1.29, 1.82) is 10.8 Å². The Kier molecular flexibility index (Phi) is 7.49. The van der Waals surface area contributed by atoms with E-state index in [-0.39, 0.29) is 17.5 Å². The van der Waals surface area contributed by atoms with Gasteiger partial charge < -0.3 is 25.8 Å². The van der Waals surface area contributed by atoms with Gasteiger partial charge in [-0.2, -0.15) is 0 Å². The largest absolute Gasteiger partial charge is 0.489 e. The Hall–Kier alpha value is -3.81. The maximum Gasteiger partial charge on any atom is 0.339 e. The molecule has 3 rings (SSSR count). The van der Waals surface area contributed by atoms with Crippen molar-refractivity contribution in [2.45, 2.75) is 25.9 Å². The number of nitrogens with two attached hydrogens (primary N) is 1. The minimum absolute atomic E-state index is 0.0253. The zero-order chi connectivity index (χ0) is 23.1. The van der Waals surface area contributed by atoms with Gasteiger partial charge in [-0.1, -0.05) is 30.4 Å². The zero-order valence-corrected chi connectivity index (χ0v) is 18.1. The van der Waals surface area contributed by atoms with Crippen LogP contribution in [0.1, 0.15) is 41.3 Å². The number of carboxylic acid groups (broad SMARTS) is 1. The van der Waals surface area contributed by atoms with Gasteiger partial charge in [0.25, 0.3) is 0 Å². The molecule has 8 heteroatoms. The SMILES string of the molecule is CC(=N)N1CCC(Oc2ccc(NCC=Cc3cccc(C(=N)N)c3)cc2C(=O)O)CC1. The summed E-state index contributed by atoms with van der Waals surface area (Å²) < 4.78 is 6.00. The molecule has 1 fully saturated rings. The van der Waals surface area contributed by atoms with E-state index in [1.165, 1.54) is 0 Å². The molecule has 6 N–H and O–H groups in total. The van der Waals surface area contributed by atoms with Crippen LogP contribution in [0.3, 0.4) is 0 Å². The van der Waals surface area contributed by atoms with Crippen LogP contribution >= 0.6 is 0 Å². The summed E-state index contributed by atoms with van der Waals surface area (Å²) in [6.07, 6.45) is 5.28. The van der Waals surface area contributed by atoms with Crippen LogP contribution in [0.25, 0.3) is 6.08 Å². The minimum Gasteiger partial charge on any atom is -0.489 e. The lowest BCUT2D eigenvalue weighted by Crippen LogP contribution is -2.40. The van der Waals surface area contributed by atoms with Crippen molar-refractivity contribution in [3.05, 3.63) is 65.2 Å². The molecule has 0 atom stereocenters. The summed E-state index contributed by atoms with van der Waals surface area (Å²) in [5, 5.41) is 28.1. The van der Waals surface area contributed by atoms with Crippen LogP contribution in [-0.4, -0.2) is 53.4 Å². The first kappa shape index (κ1) is 22.9. The molecule has 1 aliphatic rings. The number of nitrogens with zero attached hydrogens (tertiary/aromatic N) is 1. The second-order valence-electron chi connectivity index (χ2n) is 7.73. The third-order valence-corrected chi connectivity index (χ3v) is 5.35. The lowest BCUT2D eigenvalue weighted by atomic mass is 10.1. The van der Waals surface area contributed by atoms with E-state index in [1.807, 2.05) is 41.3 Å². The molecule has 1 saturated heterocycles. The summed E-state index contributed by atoms with van der Waals surface area (Å²) in [7, 11) is 0. The van der Waals surface area contributed by atoms with Gasteiger partial charge in [0, 0.05) is 43.7 Å². The molecule has 0 amide bonds. The molecule has 168 valence electrons. The van der Waals surface area contributed by atoms with Crippen molar-refractivity contribution in [3.8, 4) is 5.75 Å². The molecule has 0 unspecified atom stereocenters. The number of amidine groups is 2. The smallest absolute Gasteiger partial charge is 0.339 e. The lowest BCUT2D eigenvalue weighted by Gasteiger charge is -2.33. The number of likely N-dealkylation sites (tertiary alicyclic amines) is 1. The van der Waals surface area contributed by atoms with E-state index in [0.717, 1.165) is 31.5 Å². The fraction of sp³-hybridized carbons (Fsp3) is 0.292. The first-order valence-electron chi connectivity index (χ1n) is 10.5. The van der Waals surface area contributed by atoms with Crippen molar-refractivity contribution < 1.29 is 14.6 Å². The second kappa shape index (κ2) is 10.5. The molecule has 0 saturated carbocycles. The molecule has 2 aromatic carbocycles. The number of rotatable bonds is 8. The van der Waals surface area contributed by atoms with Crippen LogP contribution in [0, 0.1) is 10.8 Å².